The van der Waals surface area contributed by atoms with E-state index in [2.05, 4.69) is 48.0 Å². The summed E-state index contributed by atoms with van der Waals surface area (Å²) in [5, 5.41) is 0. The fourth-order valence-corrected chi connectivity index (χ4v) is 8.88. The highest BCUT2D eigenvalue weighted by molar-refractivity contribution is 5.15. The minimum atomic E-state index is 0.791. The Labute approximate surface area is 192 Å². The van der Waals surface area contributed by atoms with Crippen LogP contribution in [0.25, 0.3) is 0 Å². The molecule has 1 aliphatic heterocycles. The first-order valence-electron chi connectivity index (χ1n) is 14.1. The van der Waals surface area contributed by atoms with Gasteiger partial charge in [0.15, 0.2) is 0 Å². The number of hydrogen-bond acceptors (Lipinski definition) is 2. The lowest BCUT2D eigenvalue weighted by Crippen LogP contribution is -2.42. The maximum atomic E-state index is 2.88. The lowest BCUT2D eigenvalue weighted by atomic mass is 9.77. The first-order valence-corrected chi connectivity index (χ1v) is 14.1. The lowest BCUT2D eigenvalue weighted by molar-refractivity contribution is 0.138. The van der Waals surface area contributed by atoms with Gasteiger partial charge in [0.25, 0.3) is 0 Å². The minimum absolute atomic E-state index is 0.791. The molecule has 5 rings (SSSR count). The lowest BCUT2D eigenvalue weighted by Gasteiger charge is -2.35. The van der Waals surface area contributed by atoms with E-state index in [1.54, 1.807) is 0 Å². The molecule has 2 nitrogen and oxygen atoms in total. The average molecular weight is 425 g/mol. The van der Waals surface area contributed by atoms with Gasteiger partial charge in [-0.1, -0.05) is 76.7 Å². The average Bonchev–Trinajstić information content (AvgIpc) is 3.35. The Balaban J connectivity index is 1.41. The van der Waals surface area contributed by atoms with Gasteiger partial charge in [0.2, 0.25) is 0 Å². The monoisotopic (exact) mass is 424 g/mol. The summed E-state index contributed by atoms with van der Waals surface area (Å²) in [5.41, 5.74) is 0. The molecule has 3 unspecified atom stereocenters. The summed E-state index contributed by atoms with van der Waals surface area (Å²) in [7, 11) is 0. The van der Waals surface area contributed by atoms with E-state index in [4.69, 9.17) is 0 Å². The molecule has 0 saturated heterocycles. The fraction of sp³-hybridized carbons (Fsp3) is 0.862. The van der Waals surface area contributed by atoms with Gasteiger partial charge in [0.05, 0.1) is 0 Å². The third-order valence-electron chi connectivity index (χ3n) is 10.3. The maximum absolute atomic E-state index is 2.88. The van der Waals surface area contributed by atoms with Crippen molar-refractivity contribution in [3.8, 4) is 0 Å². The van der Waals surface area contributed by atoms with E-state index in [0.717, 1.165) is 47.6 Å². The first-order chi connectivity index (χ1) is 15.3. The Morgan fingerprint density at radius 2 is 1.06 bits per heavy atom. The van der Waals surface area contributed by atoms with E-state index < -0.39 is 0 Å². The van der Waals surface area contributed by atoms with Crippen LogP contribution in [-0.2, 0) is 0 Å². The van der Waals surface area contributed by atoms with Gasteiger partial charge in [-0.15, -0.1) is 0 Å². The van der Waals surface area contributed by atoms with Gasteiger partial charge in [-0.3, -0.25) is 0 Å². The molecule has 2 heteroatoms. The van der Waals surface area contributed by atoms with E-state index in [1.165, 1.54) is 96.8 Å². The summed E-state index contributed by atoms with van der Waals surface area (Å²) in [6.07, 6.45) is 26.4. The molecule has 4 aliphatic carbocycles. The minimum Gasteiger partial charge on any atom is -0.300 e. The number of allylic oxidation sites excluding steroid dienone is 2. The first kappa shape index (κ1) is 22.2. The predicted octanol–water partition coefficient (Wildman–Crippen LogP) is 6.54. The van der Waals surface area contributed by atoms with Crippen molar-refractivity contribution >= 4 is 0 Å². The summed E-state index contributed by atoms with van der Waals surface area (Å²) in [5.74, 6) is 5.48. The number of rotatable bonds is 2. The summed E-state index contributed by atoms with van der Waals surface area (Å²) < 4.78 is 0. The molecular formula is C29H48N2. The standard InChI is InChI=1S/C29H48N2/c1-3-30-18-11-19-31(4-2)29-21-23-13-6-8-15-25(23)27(29)17-10-9-16-26-24-14-7-5-12-22(24)20-28(26)30/h9-10,16-17,22-29H,3-8,11-15,18-21H2,1-2H3/b16-9+,17-10+/t22-,23?,24?,25+,26-,27-,28?,29+/m1/s1. The quantitative estimate of drug-likeness (QED) is 0.497. The number of hydrogen-bond donors (Lipinski definition) is 0. The summed E-state index contributed by atoms with van der Waals surface area (Å²) in [4.78, 5) is 5.77. The molecule has 0 spiro atoms. The molecule has 0 bridgehead atoms. The van der Waals surface area contributed by atoms with Crippen LogP contribution < -0.4 is 0 Å². The van der Waals surface area contributed by atoms with Gasteiger partial charge in [-0.25, -0.2) is 0 Å². The van der Waals surface area contributed by atoms with Crippen LogP contribution in [-0.4, -0.2) is 48.1 Å². The van der Waals surface area contributed by atoms with Crippen molar-refractivity contribution in [2.75, 3.05) is 26.2 Å². The highest BCUT2D eigenvalue weighted by Crippen LogP contribution is 2.50. The molecule has 0 aromatic carbocycles. The van der Waals surface area contributed by atoms with E-state index in [0.29, 0.717) is 0 Å². The fourth-order valence-electron chi connectivity index (χ4n) is 8.88. The van der Waals surface area contributed by atoms with Crippen molar-refractivity contribution in [1.82, 2.24) is 9.80 Å². The second-order valence-corrected chi connectivity index (χ2v) is 11.6. The van der Waals surface area contributed by atoms with E-state index in [-0.39, 0.29) is 0 Å². The second-order valence-electron chi connectivity index (χ2n) is 11.6. The molecule has 0 aromatic heterocycles. The Morgan fingerprint density at radius 1 is 0.613 bits per heavy atom. The summed E-state index contributed by atoms with van der Waals surface area (Å²) in [6.45, 7) is 9.89. The van der Waals surface area contributed by atoms with Gasteiger partial charge in [0.1, 0.15) is 0 Å². The maximum Gasteiger partial charge on any atom is 0.0163 e. The predicted molar refractivity (Wildman–Crippen MR) is 132 cm³/mol. The van der Waals surface area contributed by atoms with Crippen LogP contribution in [0.2, 0.25) is 0 Å². The van der Waals surface area contributed by atoms with Crippen LogP contribution in [0.5, 0.6) is 0 Å². The highest BCUT2D eigenvalue weighted by atomic mass is 15.2. The number of fused-ring (bicyclic) bond motifs is 6. The molecule has 0 radical (unpaired) electrons. The molecule has 174 valence electrons. The SMILES string of the molecule is CCN1CCCN(CC)[C@H]2CC3CCCC[C@@H]3[C@H]2/C=C/C=C/[C@@H]2C3CCCC[C@@H]3CC21. The van der Waals surface area contributed by atoms with Crippen molar-refractivity contribution in [2.45, 2.75) is 96.6 Å². The van der Waals surface area contributed by atoms with Crippen molar-refractivity contribution in [2.24, 2.45) is 35.5 Å². The van der Waals surface area contributed by atoms with Crippen LogP contribution in [0, 0.1) is 35.5 Å². The molecule has 31 heavy (non-hydrogen) atoms. The van der Waals surface area contributed by atoms with Crippen LogP contribution in [0.1, 0.15) is 84.5 Å². The topological polar surface area (TPSA) is 6.48 Å². The molecule has 5 aliphatic rings. The van der Waals surface area contributed by atoms with E-state index in [1.807, 2.05) is 0 Å². The van der Waals surface area contributed by atoms with E-state index in [9.17, 15) is 0 Å². The van der Waals surface area contributed by atoms with Crippen molar-refractivity contribution in [1.29, 1.82) is 0 Å². The van der Waals surface area contributed by atoms with Crippen LogP contribution in [0.4, 0.5) is 0 Å². The Kier molecular flexibility index (Phi) is 7.25. The van der Waals surface area contributed by atoms with Gasteiger partial charge < -0.3 is 9.80 Å². The van der Waals surface area contributed by atoms with Crippen LogP contribution in [0.15, 0.2) is 24.3 Å². The van der Waals surface area contributed by atoms with Gasteiger partial charge in [-0.05, 0) is 93.8 Å². The van der Waals surface area contributed by atoms with Crippen molar-refractivity contribution < 1.29 is 0 Å². The number of nitrogens with zero attached hydrogens (tertiary/aromatic N) is 2. The van der Waals surface area contributed by atoms with Crippen molar-refractivity contribution in [3.05, 3.63) is 24.3 Å². The largest absolute Gasteiger partial charge is 0.300 e. The molecule has 0 aromatic rings. The normalized spacial score (nSPS) is 46.5. The third-order valence-corrected chi connectivity index (χ3v) is 10.3. The Bertz CT molecular complexity index is 585. The zero-order chi connectivity index (χ0) is 21.2. The van der Waals surface area contributed by atoms with Gasteiger partial charge >= 0.3 is 0 Å². The van der Waals surface area contributed by atoms with Gasteiger partial charge in [-0.2, -0.15) is 0 Å². The highest BCUT2D eigenvalue weighted by Gasteiger charge is 2.46. The molecular weight excluding hydrogens is 376 g/mol. The smallest absolute Gasteiger partial charge is 0.0163 e. The van der Waals surface area contributed by atoms with Crippen LogP contribution in [0.3, 0.4) is 0 Å². The Hall–Kier alpha value is -0.600. The third kappa shape index (κ3) is 4.45. The molecule has 8 atom stereocenters. The Morgan fingerprint density at radius 3 is 1.52 bits per heavy atom. The molecule has 1 heterocycles. The summed E-state index contributed by atoms with van der Waals surface area (Å²) in [6, 6.07) is 1.58. The molecule has 0 amide bonds. The molecule has 4 saturated carbocycles. The van der Waals surface area contributed by atoms with Crippen LogP contribution >= 0.6 is 0 Å². The summed E-state index contributed by atoms with van der Waals surface area (Å²) >= 11 is 0. The zero-order valence-corrected chi connectivity index (χ0v) is 20.4. The molecule has 0 N–H and O–H groups in total. The second kappa shape index (κ2) is 10.1. The van der Waals surface area contributed by atoms with Gasteiger partial charge in [0, 0.05) is 12.1 Å². The molecule has 4 fully saturated rings. The van der Waals surface area contributed by atoms with Crippen molar-refractivity contribution in [3.63, 3.8) is 0 Å². The van der Waals surface area contributed by atoms with E-state index >= 15 is 0 Å². The zero-order valence-electron chi connectivity index (χ0n) is 20.4.